The molecule has 1 N–H and O–H groups in total. The summed E-state index contributed by atoms with van der Waals surface area (Å²) in [5.41, 5.74) is 0.510. The lowest BCUT2D eigenvalue weighted by Crippen LogP contribution is -2.35. The maximum Gasteiger partial charge on any atom is 0.241 e. The molecule has 17 heavy (non-hydrogen) atoms. The number of hydrogen-bond donors (Lipinski definition) is 1. The van der Waals surface area contributed by atoms with Crippen LogP contribution in [-0.2, 0) is 4.79 Å². The van der Waals surface area contributed by atoms with Crippen molar-refractivity contribution in [3.8, 4) is 0 Å². The first-order valence-corrected chi connectivity index (χ1v) is 5.92. The Bertz CT molecular complexity index is 374. The molecule has 0 saturated carbocycles. The number of carbonyl (C=O) groups excluding carboxylic acids is 1. The maximum absolute atomic E-state index is 13.0. The van der Waals surface area contributed by atoms with Crippen molar-refractivity contribution in [2.45, 2.75) is 13.8 Å². The highest BCUT2D eigenvalue weighted by atomic mass is 35.5. The Morgan fingerprint density at radius 2 is 2.00 bits per heavy atom. The van der Waals surface area contributed by atoms with Gasteiger partial charge < -0.3 is 10.2 Å². The van der Waals surface area contributed by atoms with Gasteiger partial charge in [0.05, 0.1) is 6.54 Å². The highest BCUT2D eigenvalue weighted by Crippen LogP contribution is 2.17. The Morgan fingerprint density at radius 3 is 2.53 bits per heavy atom. The first kappa shape index (κ1) is 13.8. The predicted octanol–water partition coefficient (Wildman–Crippen LogP) is 2.76. The Kier molecular flexibility index (Phi) is 5.22. The molecule has 1 amide bonds. The fraction of sp³-hybridized carbons (Fsp3) is 0.417. The van der Waals surface area contributed by atoms with E-state index in [1.165, 1.54) is 12.1 Å². The zero-order chi connectivity index (χ0) is 12.8. The largest absolute Gasteiger partial charge is 0.376 e. The Morgan fingerprint density at radius 1 is 1.35 bits per heavy atom. The Balaban J connectivity index is 2.58. The number of anilines is 1. The molecule has 1 rings (SSSR count). The van der Waals surface area contributed by atoms with Crippen molar-refractivity contribution in [1.29, 1.82) is 0 Å². The van der Waals surface area contributed by atoms with Gasteiger partial charge in [-0.1, -0.05) is 11.6 Å². The van der Waals surface area contributed by atoms with Gasteiger partial charge in [0, 0.05) is 23.8 Å². The van der Waals surface area contributed by atoms with Gasteiger partial charge in [0.2, 0.25) is 5.91 Å². The summed E-state index contributed by atoms with van der Waals surface area (Å²) in [6, 6.07) is 4.11. The second-order valence-electron chi connectivity index (χ2n) is 3.58. The predicted molar refractivity (Wildman–Crippen MR) is 67.8 cm³/mol. The van der Waals surface area contributed by atoms with Crippen molar-refractivity contribution in [2.24, 2.45) is 0 Å². The lowest BCUT2D eigenvalue weighted by Gasteiger charge is -2.19. The van der Waals surface area contributed by atoms with Crippen LogP contribution in [0.25, 0.3) is 0 Å². The van der Waals surface area contributed by atoms with Gasteiger partial charge in [0.25, 0.3) is 0 Å². The van der Waals surface area contributed by atoms with Gasteiger partial charge in [-0.05, 0) is 32.0 Å². The molecule has 0 heterocycles. The fourth-order valence-corrected chi connectivity index (χ4v) is 1.74. The normalized spacial score (nSPS) is 10.1. The first-order chi connectivity index (χ1) is 8.06. The number of nitrogens with zero attached hydrogens (tertiary/aromatic N) is 1. The van der Waals surface area contributed by atoms with E-state index in [4.69, 9.17) is 11.6 Å². The van der Waals surface area contributed by atoms with Gasteiger partial charge in [0.15, 0.2) is 0 Å². The highest BCUT2D eigenvalue weighted by Gasteiger charge is 2.09. The van der Waals surface area contributed by atoms with Gasteiger partial charge >= 0.3 is 0 Å². The third-order valence-corrected chi connectivity index (χ3v) is 2.64. The molecule has 0 aromatic heterocycles. The highest BCUT2D eigenvalue weighted by molar-refractivity contribution is 6.30. The third-order valence-electron chi connectivity index (χ3n) is 2.42. The summed E-state index contributed by atoms with van der Waals surface area (Å²) in [5.74, 6) is -0.439. The number of carbonyl (C=O) groups is 1. The van der Waals surface area contributed by atoms with E-state index in [1.54, 1.807) is 11.0 Å². The summed E-state index contributed by atoms with van der Waals surface area (Å²) < 4.78 is 13.0. The number of benzene rings is 1. The minimum absolute atomic E-state index is 0.0182. The molecule has 0 fully saturated rings. The molecule has 94 valence electrons. The number of rotatable bonds is 5. The minimum Gasteiger partial charge on any atom is -0.376 e. The molecule has 0 aliphatic rings. The van der Waals surface area contributed by atoms with E-state index >= 15 is 0 Å². The van der Waals surface area contributed by atoms with Gasteiger partial charge in [-0.3, -0.25) is 4.79 Å². The molecule has 1 aromatic carbocycles. The van der Waals surface area contributed by atoms with Gasteiger partial charge in [0.1, 0.15) is 5.82 Å². The van der Waals surface area contributed by atoms with Crippen molar-refractivity contribution >= 4 is 23.2 Å². The number of amides is 1. The molecule has 3 nitrogen and oxygen atoms in total. The zero-order valence-corrected chi connectivity index (χ0v) is 10.7. The quantitative estimate of drug-likeness (QED) is 0.881. The van der Waals surface area contributed by atoms with E-state index in [2.05, 4.69) is 5.32 Å². The molecule has 0 atom stereocenters. The third kappa shape index (κ3) is 4.23. The smallest absolute Gasteiger partial charge is 0.241 e. The summed E-state index contributed by atoms with van der Waals surface area (Å²) >= 11 is 5.71. The molecule has 0 aliphatic heterocycles. The van der Waals surface area contributed by atoms with Crippen LogP contribution in [0.2, 0.25) is 5.02 Å². The average Bonchev–Trinajstić information content (AvgIpc) is 2.27. The lowest BCUT2D eigenvalue weighted by molar-refractivity contribution is -0.128. The standard InChI is InChI=1S/C12H16ClFN2O/c1-3-16(4-2)12(17)8-15-11-6-9(13)5-10(14)7-11/h5-7,15H,3-4,8H2,1-2H3. The molecule has 0 bridgehead atoms. The number of halogens is 2. The van der Waals surface area contributed by atoms with E-state index in [-0.39, 0.29) is 12.5 Å². The molecule has 0 spiro atoms. The van der Waals surface area contributed by atoms with Crippen LogP contribution in [0.4, 0.5) is 10.1 Å². The Hall–Kier alpha value is -1.29. The fourth-order valence-electron chi connectivity index (χ4n) is 1.52. The summed E-state index contributed by atoms with van der Waals surface area (Å²) in [6.45, 7) is 5.31. The van der Waals surface area contributed by atoms with Crippen LogP contribution in [0.3, 0.4) is 0 Å². The van der Waals surface area contributed by atoms with E-state index in [9.17, 15) is 9.18 Å². The second kappa shape index (κ2) is 6.45. The van der Waals surface area contributed by atoms with Crippen molar-refractivity contribution in [3.63, 3.8) is 0 Å². The van der Waals surface area contributed by atoms with Crippen molar-refractivity contribution < 1.29 is 9.18 Å². The van der Waals surface area contributed by atoms with Crippen LogP contribution in [0.15, 0.2) is 18.2 Å². The van der Waals surface area contributed by atoms with E-state index in [0.717, 1.165) is 0 Å². The number of likely N-dealkylation sites (N-methyl/N-ethyl adjacent to an activating group) is 1. The van der Waals surface area contributed by atoms with Crippen molar-refractivity contribution in [2.75, 3.05) is 25.0 Å². The van der Waals surface area contributed by atoms with Crippen LogP contribution in [0, 0.1) is 5.82 Å². The molecular weight excluding hydrogens is 243 g/mol. The summed E-state index contributed by atoms with van der Waals surface area (Å²) in [7, 11) is 0. The molecular formula is C12H16ClFN2O. The van der Waals surface area contributed by atoms with Gasteiger partial charge in [-0.25, -0.2) is 4.39 Å². The zero-order valence-electron chi connectivity index (χ0n) is 9.96. The van der Waals surface area contributed by atoms with E-state index < -0.39 is 5.82 Å². The van der Waals surface area contributed by atoms with E-state index in [1.807, 2.05) is 13.8 Å². The molecule has 1 aromatic rings. The van der Waals surface area contributed by atoms with Crippen molar-refractivity contribution in [1.82, 2.24) is 4.90 Å². The van der Waals surface area contributed by atoms with Gasteiger partial charge in [-0.2, -0.15) is 0 Å². The minimum atomic E-state index is -0.421. The number of hydrogen-bond acceptors (Lipinski definition) is 2. The van der Waals surface area contributed by atoms with Crippen LogP contribution >= 0.6 is 11.6 Å². The Labute approximate surface area is 106 Å². The van der Waals surface area contributed by atoms with Crippen LogP contribution < -0.4 is 5.32 Å². The molecule has 5 heteroatoms. The molecule has 0 radical (unpaired) electrons. The van der Waals surface area contributed by atoms with Crippen LogP contribution in [0.5, 0.6) is 0 Å². The maximum atomic E-state index is 13.0. The molecule has 0 aliphatic carbocycles. The first-order valence-electron chi connectivity index (χ1n) is 5.54. The summed E-state index contributed by atoms with van der Waals surface area (Å²) in [5, 5.41) is 3.17. The van der Waals surface area contributed by atoms with Crippen molar-refractivity contribution in [3.05, 3.63) is 29.0 Å². The second-order valence-corrected chi connectivity index (χ2v) is 4.01. The van der Waals surface area contributed by atoms with E-state index in [0.29, 0.717) is 23.8 Å². The van der Waals surface area contributed by atoms with Crippen LogP contribution in [-0.4, -0.2) is 30.4 Å². The summed E-state index contributed by atoms with van der Waals surface area (Å²) in [6.07, 6.45) is 0. The molecule has 0 unspecified atom stereocenters. The monoisotopic (exact) mass is 258 g/mol. The topological polar surface area (TPSA) is 32.3 Å². The average molecular weight is 259 g/mol. The lowest BCUT2D eigenvalue weighted by atomic mass is 10.3. The SMILES string of the molecule is CCN(CC)C(=O)CNc1cc(F)cc(Cl)c1. The van der Waals surface area contributed by atoms with Gasteiger partial charge in [-0.15, -0.1) is 0 Å². The summed E-state index contributed by atoms with van der Waals surface area (Å²) in [4.78, 5) is 13.4. The molecule has 0 saturated heterocycles. The van der Waals surface area contributed by atoms with Crippen LogP contribution in [0.1, 0.15) is 13.8 Å². The number of nitrogens with one attached hydrogen (secondary N) is 1.